The van der Waals surface area contributed by atoms with Crippen LogP contribution in [0.4, 0.5) is 5.69 Å². The van der Waals surface area contributed by atoms with Crippen molar-refractivity contribution >= 4 is 11.6 Å². The molecule has 1 aliphatic heterocycles. The van der Waals surface area contributed by atoms with Gasteiger partial charge in [0.15, 0.2) is 6.04 Å². The first-order valence-electron chi connectivity index (χ1n) is 7.92. The molecule has 3 nitrogen and oxygen atoms in total. The number of benzene rings is 2. The maximum Gasteiger partial charge on any atom is 0.282 e. The van der Waals surface area contributed by atoms with Gasteiger partial charge < -0.3 is 10.2 Å². The molecule has 3 heteroatoms. The van der Waals surface area contributed by atoms with Gasteiger partial charge in [-0.05, 0) is 31.5 Å². The highest BCUT2D eigenvalue weighted by Crippen LogP contribution is 2.12. The first-order valence-corrected chi connectivity index (χ1v) is 7.92. The molecule has 3 rings (SSSR count). The van der Waals surface area contributed by atoms with Gasteiger partial charge in [-0.2, -0.15) is 0 Å². The van der Waals surface area contributed by atoms with Gasteiger partial charge >= 0.3 is 0 Å². The van der Waals surface area contributed by atoms with E-state index in [0.717, 1.165) is 25.2 Å². The highest BCUT2D eigenvalue weighted by Gasteiger charge is 2.28. The van der Waals surface area contributed by atoms with Crippen LogP contribution in [0.15, 0.2) is 48.5 Å². The summed E-state index contributed by atoms with van der Waals surface area (Å²) in [6.45, 7) is 6.01. The zero-order valence-corrected chi connectivity index (χ0v) is 13.2. The number of hydrogen-bond acceptors (Lipinski definition) is 1. The molecule has 2 atom stereocenters. The Bertz CT molecular complexity index is 663. The molecule has 1 amide bonds. The fraction of sp³-hybridized carbons (Fsp3) is 0.316. The molecule has 0 aromatic heterocycles. The SMILES string of the molecule is Cc1ccc(NC(=O)[C@H](C)[NH+]2CCc3ccccc3C2)cc1. The summed E-state index contributed by atoms with van der Waals surface area (Å²) in [5, 5.41) is 3.03. The second-order valence-electron chi connectivity index (χ2n) is 6.18. The highest BCUT2D eigenvalue weighted by atomic mass is 16.2. The Kier molecular flexibility index (Phi) is 4.25. The summed E-state index contributed by atoms with van der Waals surface area (Å²) < 4.78 is 0. The minimum atomic E-state index is -0.0466. The number of aryl methyl sites for hydroxylation is 1. The average molecular weight is 295 g/mol. The molecular weight excluding hydrogens is 272 g/mol. The second kappa shape index (κ2) is 6.32. The molecule has 1 aliphatic rings. The molecule has 0 spiro atoms. The Morgan fingerprint density at radius 3 is 2.50 bits per heavy atom. The lowest BCUT2D eigenvalue weighted by atomic mass is 9.99. The van der Waals surface area contributed by atoms with Crippen molar-refractivity contribution in [2.24, 2.45) is 0 Å². The minimum Gasteiger partial charge on any atom is -0.321 e. The second-order valence-corrected chi connectivity index (χ2v) is 6.18. The number of carbonyl (C=O) groups is 1. The van der Waals surface area contributed by atoms with E-state index in [9.17, 15) is 4.79 Å². The van der Waals surface area contributed by atoms with Gasteiger partial charge in [-0.3, -0.25) is 4.79 Å². The van der Waals surface area contributed by atoms with E-state index in [1.54, 1.807) is 0 Å². The Hall–Kier alpha value is -2.13. The Balaban J connectivity index is 1.65. The molecule has 114 valence electrons. The maximum atomic E-state index is 12.5. The van der Waals surface area contributed by atoms with Crippen molar-refractivity contribution in [3.63, 3.8) is 0 Å². The van der Waals surface area contributed by atoms with E-state index < -0.39 is 0 Å². The number of quaternary nitrogens is 1. The first-order chi connectivity index (χ1) is 10.6. The molecule has 0 saturated carbocycles. The van der Waals surface area contributed by atoms with Crippen molar-refractivity contribution in [1.29, 1.82) is 0 Å². The van der Waals surface area contributed by atoms with E-state index in [4.69, 9.17) is 0 Å². The predicted molar refractivity (Wildman–Crippen MR) is 89.0 cm³/mol. The molecule has 2 aromatic rings. The monoisotopic (exact) mass is 295 g/mol. The molecule has 1 heterocycles. The molecule has 0 aliphatic carbocycles. The number of hydrogen-bond donors (Lipinski definition) is 2. The van der Waals surface area contributed by atoms with Crippen molar-refractivity contribution in [1.82, 2.24) is 0 Å². The van der Waals surface area contributed by atoms with E-state index in [1.165, 1.54) is 21.6 Å². The number of rotatable bonds is 3. The van der Waals surface area contributed by atoms with Gasteiger partial charge in [0.2, 0.25) is 0 Å². The largest absolute Gasteiger partial charge is 0.321 e. The van der Waals surface area contributed by atoms with Gasteiger partial charge in [-0.1, -0.05) is 42.0 Å². The topological polar surface area (TPSA) is 33.5 Å². The third kappa shape index (κ3) is 3.20. The van der Waals surface area contributed by atoms with Crippen LogP contribution in [0.1, 0.15) is 23.6 Å². The van der Waals surface area contributed by atoms with E-state index in [-0.39, 0.29) is 11.9 Å². The lowest BCUT2D eigenvalue weighted by Gasteiger charge is -2.30. The van der Waals surface area contributed by atoms with E-state index in [2.05, 4.69) is 29.6 Å². The smallest absolute Gasteiger partial charge is 0.282 e. The third-order valence-corrected chi connectivity index (χ3v) is 4.58. The number of amides is 1. The Morgan fingerprint density at radius 1 is 1.09 bits per heavy atom. The fourth-order valence-electron chi connectivity index (χ4n) is 3.04. The summed E-state index contributed by atoms with van der Waals surface area (Å²) >= 11 is 0. The quantitative estimate of drug-likeness (QED) is 0.892. The zero-order chi connectivity index (χ0) is 15.5. The van der Waals surface area contributed by atoms with Gasteiger partial charge in [-0.15, -0.1) is 0 Å². The molecule has 1 unspecified atom stereocenters. The summed E-state index contributed by atoms with van der Waals surface area (Å²) in [6.07, 6.45) is 1.05. The van der Waals surface area contributed by atoms with Crippen LogP contribution < -0.4 is 10.2 Å². The lowest BCUT2D eigenvalue weighted by Crippen LogP contribution is -3.16. The molecule has 2 N–H and O–H groups in total. The standard InChI is InChI=1S/C19H22N2O/c1-14-7-9-18(10-8-14)20-19(22)15(2)21-12-11-16-5-3-4-6-17(16)13-21/h3-10,15H,11-13H2,1-2H3,(H,20,22)/p+1/t15-/m0/s1. The van der Waals surface area contributed by atoms with Crippen LogP contribution in [0.2, 0.25) is 0 Å². The molecular formula is C19H23N2O+. The van der Waals surface area contributed by atoms with Gasteiger partial charge in [-0.25, -0.2) is 0 Å². The Labute approximate surface area is 132 Å². The van der Waals surface area contributed by atoms with Gasteiger partial charge in [0.1, 0.15) is 6.54 Å². The number of nitrogens with one attached hydrogen (secondary N) is 2. The summed E-state index contributed by atoms with van der Waals surface area (Å²) in [7, 11) is 0. The predicted octanol–water partition coefficient (Wildman–Crippen LogP) is 1.96. The summed E-state index contributed by atoms with van der Waals surface area (Å²) in [4.78, 5) is 13.8. The van der Waals surface area contributed by atoms with Crippen molar-refractivity contribution in [3.05, 3.63) is 65.2 Å². The van der Waals surface area contributed by atoms with Crippen LogP contribution in [-0.2, 0) is 17.8 Å². The normalized spacial score (nSPS) is 18.4. The summed E-state index contributed by atoms with van der Waals surface area (Å²) in [5.41, 5.74) is 4.87. The molecule has 2 aromatic carbocycles. The first kappa shape index (κ1) is 14.8. The van der Waals surface area contributed by atoms with Crippen LogP contribution in [0.3, 0.4) is 0 Å². The number of fused-ring (bicyclic) bond motifs is 1. The molecule has 0 bridgehead atoms. The molecule has 0 radical (unpaired) electrons. The van der Waals surface area contributed by atoms with Crippen LogP contribution >= 0.6 is 0 Å². The third-order valence-electron chi connectivity index (χ3n) is 4.58. The maximum absolute atomic E-state index is 12.5. The van der Waals surface area contributed by atoms with Crippen molar-refractivity contribution < 1.29 is 9.69 Å². The summed E-state index contributed by atoms with van der Waals surface area (Å²) in [6, 6.07) is 16.5. The van der Waals surface area contributed by atoms with Crippen molar-refractivity contribution in [2.45, 2.75) is 32.9 Å². The minimum absolute atomic E-state index is 0.0466. The lowest BCUT2D eigenvalue weighted by molar-refractivity contribution is -0.929. The van der Waals surface area contributed by atoms with E-state index in [0.29, 0.717) is 0 Å². The number of carbonyl (C=O) groups excluding carboxylic acids is 1. The van der Waals surface area contributed by atoms with E-state index >= 15 is 0 Å². The fourth-order valence-corrected chi connectivity index (χ4v) is 3.04. The highest BCUT2D eigenvalue weighted by molar-refractivity contribution is 5.93. The zero-order valence-electron chi connectivity index (χ0n) is 13.2. The van der Waals surface area contributed by atoms with Crippen molar-refractivity contribution in [2.75, 3.05) is 11.9 Å². The average Bonchev–Trinajstić information content (AvgIpc) is 2.55. The molecule has 0 saturated heterocycles. The van der Waals surface area contributed by atoms with Gasteiger partial charge in [0.05, 0.1) is 6.54 Å². The van der Waals surface area contributed by atoms with Crippen LogP contribution in [-0.4, -0.2) is 18.5 Å². The van der Waals surface area contributed by atoms with Gasteiger partial charge in [0.25, 0.3) is 5.91 Å². The molecule has 0 fully saturated rings. The Morgan fingerprint density at radius 2 is 1.77 bits per heavy atom. The van der Waals surface area contributed by atoms with E-state index in [1.807, 2.05) is 38.1 Å². The van der Waals surface area contributed by atoms with Crippen LogP contribution in [0.5, 0.6) is 0 Å². The van der Waals surface area contributed by atoms with Crippen LogP contribution in [0, 0.1) is 6.92 Å². The number of anilines is 1. The molecule has 22 heavy (non-hydrogen) atoms. The van der Waals surface area contributed by atoms with Crippen molar-refractivity contribution in [3.8, 4) is 0 Å². The van der Waals surface area contributed by atoms with Crippen LogP contribution in [0.25, 0.3) is 0 Å². The van der Waals surface area contributed by atoms with Gasteiger partial charge in [0, 0.05) is 17.7 Å². The summed E-state index contributed by atoms with van der Waals surface area (Å²) in [5.74, 6) is 0.0956.